The molecule has 2 aliphatic rings. The van der Waals surface area contributed by atoms with E-state index < -0.39 is 0 Å². The van der Waals surface area contributed by atoms with Crippen LogP contribution in [0.25, 0.3) is 0 Å². The summed E-state index contributed by atoms with van der Waals surface area (Å²) >= 11 is 1.59. The number of fused-ring (bicyclic) bond motifs is 1. The summed E-state index contributed by atoms with van der Waals surface area (Å²) in [5, 5.41) is 6.81. The molecular formula is C20H28N2O3S. The summed E-state index contributed by atoms with van der Waals surface area (Å²) in [6.45, 7) is 1.21. The predicted octanol–water partition coefficient (Wildman–Crippen LogP) is 3.69. The van der Waals surface area contributed by atoms with E-state index in [0.717, 1.165) is 61.9 Å². The van der Waals surface area contributed by atoms with Crippen molar-refractivity contribution in [3.05, 3.63) is 28.2 Å². The number of carbonyl (C=O) groups excluding carboxylic acids is 2. The molecule has 0 spiro atoms. The molecule has 0 saturated carbocycles. The lowest BCUT2D eigenvalue weighted by atomic mass is 9.93. The highest BCUT2D eigenvalue weighted by Crippen LogP contribution is 2.38. The molecular weight excluding hydrogens is 348 g/mol. The number of nitrogens with one attached hydrogen (secondary N) is 2. The van der Waals surface area contributed by atoms with E-state index in [9.17, 15) is 9.59 Å². The van der Waals surface area contributed by atoms with Gasteiger partial charge in [0.25, 0.3) is 5.91 Å². The van der Waals surface area contributed by atoms with E-state index in [-0.39, 0.29) is 17.7 Å². The Labute approximate surface area is 159 Å². The van der Waals surface area contributed by atoms with E-state index in [2.05, 4.69) is 22.8 Å². The Hall–Kier alpha value is -1.66. The molecule has 0 aliphatic heterocycles. The largest absolute Gasteiger partial charge is 0.385 e. The molecule has 0 bridgehead atoms. The van der Waals surface area contributed by atoms with Crippen molar-refractivity contribution < 1.29 is 14.3 Å². The number of thiophene rings is 1. The molecule has 6 heteroatoms. The average molecular weight is 377 g/mol. The van der Waals surface area contributed by atoms with Crippen LogP contribution in [0, 0.1) is 5.92 Å². The molecule has 1 atom stereocenters. The van der Waals surface area contributed by atoms with E-state index in [1.165, 1.54) is 4.88 Å². The third-order valence-electron chi connectivity index (χ3n) is 5.09. The fourth-order valence-corrected chi connectivity index (χ4v) is 4.94. The molecule has 1 aromatic rings. The highest BCUT2D eigenvalue weighted by atomic mass is 32.1. The molecule has 142 valence electrons. The van der Waals surface area contributed by atoms with Crippen LogP contribution in [0.5, 0.6) is 0 Å². The number of aryl methyl sites for hydroxylation is 1. The molecule has 1 aromatic heterocycles. The molecule has 0 fully saturated rings. The Morgan fingerprint density at radius 1 is 1.27 bits per heavy atom. The van der Waals surface area contributed by atoms with Gasteiger partial charge in [-0.3, -0.25) is 9.59 Å². The first kappa shape index (κ1) is 19.1. The van der Waals surface area contributed by atoms with Crippen LogP contribution in [-0.2, 0) is 22.4 Å². The number of rotatable bonds is 7. The van der Waals surface area contributed by atoms with Gasteiger partial charge in [0.05, 0.1) is 5.56 Å². The molecule has 2 aliphatic carbocycles. The lowest BCUT2D eigenvalue weighted by Gasteiger charge is -2.17. The van der Waals surface area contributed by atoms with E-state index in [1.54, 1.807) is 18.4 Å². The zero-order valence-corrected chi connectivity index (χ0v) is 16.3. The second-order valence-corrected chi connectivity index (χ2v) is 8.09. The number of amides is 2. The maximum Gasteiger partial charge on any atom is 0.254 e. The third-order valence-corrected chi connectivity index (χ3v) is 6.29. The van der Waals surface area contributed by atoms with Crippen molar-refractivity contribution in [3.63, 3.8) is 0 Å². The average Bonchev–Trinajstić information content (AvgIpc) is 3.03. The zero-order valence-electron chi connectivity index (χ0n) is 15.4. The Bertz CT molecular complexity index is 681. The number of hydrogen-bond acceptors (Lipinski definition) is 4. The van der Waals surface area contributed by atoms with Crippen molar-refractivity contribution in [2.45, 2.75) is 51.4 Å². The van der Waals surface area contributed by atoms with Crippen molar-refractivity contribution in [2.24, 2.45) is 5.92 Å². The Kier molecular flexibility index (Phi) is 6.86. The van der Waals surface area contributed by atoms with Crippen LogP contribution >= 0.6 is 11.3 Å². The van der Waals surface area contributed by atoms with Crippen molar-refractivity contribution >= 4 is 28.2 Å². The first-order valence-corrected chi connectivity index (χ1v) is 10.4. The van der Waals surface area contributed by atoms with Crippen molar-refractivity contribution in [1.29, 1.82) is 0 Å². The van der Waals surface area contributed by atoms with Gasteiger partial charge < -0.3 is 15.4 Å². The Morgan fingerprint density at radius 2 is 2.12 bits per heavy atom. The molecule has 2 N–H and O–H groups in total. The summed E-state index contributed by atoms with van der Waals surface area (Å²) in [6, 6.07) is 0. The SMILES string of the molecule is COCCCNC(=O)c1c(NC(=O)[C@@H]2CC=CCC2)sc2c1CCCC2. The van der Waals surface area contributed by atoms with Crippen LogP contribution in [-0.4, -0.2) is 32.1 Å². The van der Waals surface area contributed by atoms with E-state index in [4.69, 9.17) is 4.74 Å². The highest BCUT2D eigenvalue weighted by molar-refractivity contribution is 7.17. The molecule has 3 rings (SSSR count). The van der Waals surface area contributed by atoms with Gasteiger partial charge in [0.2, 0.25) is 5.91 Å². The number of hydrogen-bond donors (Lipinski definition) is 2. The lowest BCUT2D eigenvalue weighted by Crippen LogP contribution is -2.28. The van der Waals surface area contributed by atoms with Gasteiger partial charge in [0.15, 0.2) is 0 Å². The quantitative estimate of drug-likeness (QED) is 0.563. The number of anilines is 1. The molecule has 0 aromatic carbocycles. The highest BCUT2D eigenvalue weighted by Gasteiger charge is 2.28. The standard InChI is InChI=1S/C20H28N2O3S/c1-25-13-7-12-21-19(24)17-15-10-5-6-11-16(15)26-20(17)22-18(23)14-8-3-2-4-9-14/h2-3,14H,4-13H2,1H3,(H,21,24)(H,22,23)/t14-/m1/s1. The Morgan fingerprint density at radius 3 is 2.88 bits per heavy atom. The van der Waals surface area contributed by atoms with E-state index in [0.29, 0.717) is 18.7 Å². The third kappa shape index (κ3) is 4.54. The van der Waals surface area contributed by atoms with Crippen molar-refractivity contribution in [3.8, 4) is 0 Å². The normalized spacial score (nSPS) is 19.0. The fourth-order valence-electron chi connectivity index (χ4n) is 3.65. The summed E-state index contributed by atoms with van der Waals surface area (Å²) < 4.78 is 5.04. The van der Waals surface area contributed by atoms with E-state index in [1.807, 2.05) is 0 Å². The molecule has 0 radical (unpaired) electrons. The van der Waals surface area contributed by atoms with Crippen LogP contribution in [0.1, 0.15) is 59.3 Å². The minimum Gasteiger partial charge on any atom is -0.385 e. The van der Waals surface area contributed by atoms with Gasteiger partial charge in [0, 0.05) is 31.1 Å². The predicted molar refractivity (Wildman–Crippen MR) is 105 cm³/mol. The van der Waals surface area contributed by atoms with Crippen LogP contribution in [0.15, 0.2) is 12.2 Å². The number of allylic oxidation sites excluding steroid dienone is 2. The van der Waals surface area contributed by atoms with Crippen LogP contribution in [0.3, 0.4) is 0 Å². The molecule has 0 unspecified atom stereocenters. The Balaban J connectivity index is 1.75. The second kappa shape index (κ2) is 9.33. The van der Waals surface area contributed by atoms with Gasteiger partial charge in [-0.25, -0.2) is 0 Å². The lowest BCUT2D eigenvalue weighted by molar-refractivity contribution is -0.120. The summed E-state index contributed by atoms with van der Waals surface area (Å²) in [7, 11) is 1.66. The van der Waals surface area contributed by atoms with Gasteiger partial charge in [-0.05, 0) is 56.9 Å². The smallest absolute Gasteiger partial charge is 0.254 e. The van der Waals surface area contributed by atoms with Crippen molar-refractivity contribution in [1.82, 2.24) is 5.32 Å². The van der Waals surface area contributed by atoms with Crippen LogP contribution < -0.4 is 10.6 Å². The van der Waals surface area contributed by atoms with Crippen LogP contribution in [0.4, 0.5) is 5.00 Å². The molecule has 0 saturated heterocycles. The fraction of sp³-hybridized carbons (Fsp3) is 0.600. The second-order valence-electron chi connectivity index (χ2n) is 6.99. The molecule has 26 heavy (non-hydrogen) atoms. The summed E-state index contributed by atoms with van der Waals surface area (Å²) in [4.78, 5) is 26.7. The molecule has 5 nitrogen and oxygen atoms in total. The first-order chi connectivity index (χ1) is 12.7. The van der Waals surface area contributed by atoms with Gasteiger partial charge in [-0.2, -0.15) is 0 Å². The molecule has 2 amide bonds. The van der Waals surface area contributed by atoms with Gasteiger partial charge in [0.1, 0.15) is 5.00 Å². The zero-order chi connectivity index (χ0) is 18.4. The maximum absolute atomic E-state index is 12.8. The number of methoxy groups -OCH3 is 1. The summed E-state index contributed by atoms with van der Waals surface area (Å²) in [5.41, 5.74) is 1.84. The van der Waals surface area contributed by atoms with Gasteiger partial charge in [-0.1, -0.05) is 12.2 Å². The number of carbonyl (C=O) groups is 2. The summed E-state index contributed by atoms with van der Waals surface area (Å²) in [6.07, 6.45) is 11.8. The van der Waals surface area contributed by atoms with E-state index >= 15 is 0 Å². The minimum atomic E-state index is -0.0701. The minimum absolute atomic E-state index is 0.0109. The first-order valence-electron chi connectivity index (χ1n) is 9.58. The monoisotopic (exact) mass is 376 g/mol. The van der Waals surface area contributed by atoms with Crippen LogP contribution in [0.2, 0.25) is 0 Å². The maximum atomic E-state index is 12.8. The van der Waals surface area contributed by atoms with Crippen molar-refractivity contribution in [2.75, 3.05) is 25.6 Å². The summed E-state index contributed by atoms with van der Waals surface area (Å²) in [5.74, 6) is -0.0162. The number of ether oxygens (including phenoxy) is 1. The van der Waals surface area contributed by atoms with Gasteiger partial charge >= 0.3 is 0 Å². The van der Waals surface area contributed by atoms with Gasteiger partial charge in [-0.15, -0.1) is 11.3 Å². The topological polar surface area (TPSA) is 67.4 Å². The molecule has 1 heterocycles.